The van der Waals surface area contributed by atoms with E-state index < -0.39 is 0 Å². The molecule has 0 atom stereocenters. The molecule has 0 amide bonds. The van der Waals surface area contributed by atoms with Gasteiger partial charge in [-0.25, -0.2) is 0 Å². The number of anilines is 2. The van der Waals surface area contributed by atoms with E-state index in [4.69, 9.17) is 8.83 Å². The zero-order valence-corrected chi connectivity index (χ0v) is 36.3. The van der Waals surface area contributed by atoms with Crippen molar-refractivity contribution >= 4 is 126 Å². The molecule has 0 saturated carbocycles. The smallest absolute Gasteiger partial charge is 0.333 e. The van der Waals surface area contributed by atoms with E-state index in [-0.39, 0.29) is 17.7 Å². The quantitative estimate of drug-likeness (QED) is 0.155. The van der Waals surface area contributed by atoms with E-state index in [1.807, 2.05) is 11.3 Å². The van der Waals surface area contributed by atoms with Gasteiger partial charge in [-0.05, 0) is 99.6 Å². The summed E-state index contributed by atoms with van der Waals surface area (Å²) >= 11 is 1.88. The third-order valence-electron chi connectivity index (χ3n) is 14.1. The predicted octanol–water partition coefficient (Wildman–Crippen LogP) is 14.8. The van der Waals surface area contributed by atoms with Gasteiger partial charge in [0.1, 0.15) is 22.3 Å². The van der Waals surface area contributed by atoms with E-state index in [2.05, 4.69) is 190 Å². The molecule has 4 nitrogen and oxygen atoms in total. The van der Waals surface area contributed by atoms with Gasteiger partial charge in [0.25, 0.3) is 0 Å². The van der Waals surface area contributed by atoms with Crippen LogP contribution in [0.5, 0.6) is 0 Å². The molecule has 0 N–H and O–H groups in total. The number of rotatable bonds is 1. The summed E-state index contributed by atoms with van der Waals surface area (Å²) < 4.78 is 19.2. The van der Waals surface area contributed by atoms with Crippen LogP contribution in [0, 0.1) is 0 Å². The van der Waals surface area contributed by atoms with Crippen molar-refractivity contribution in [3.05, 3.63) is 151 Å². The Labute approximate surface area is 362 Å². The van der Waals surface area contributed by atoms with Crippen molar-refractivity contribution in [2.24, 2.45) is 0 Å². The van der Waals surface area contributed by atoms with Crippen molar-refractivity contribution in [2.75, 3.05) is 4.81 Å². The van der Waals surface area contributed by atoms with Gasteiger partial charge in [-0.15, -0.1) is 11.3 Å². The van der Waals surface area contributed by atoms with Gasteiger partial charge in [0.05, 0.1) is 11.0 Å². The second-order valence-electron chi connectivity index (χ2n) is 19.7. The maximum Gasteiger partial charge on any atom is 0.333 e. The van der Waals surface area contributed by atoms with Crippen LogP contribution in [0.25, 0.3) is 103 Å². The lowest BCUT2D eigenvalue weighted by molar-refractivity contribution is 0.590. The van der Waals surface area contributed by atoms with E-state index in [0.29, 0.717) is 0 Å². The summed E-state index contributed by atoms with van der Waals surface area (Å²) in [4.78, 5) is 2.64. The fourth-order valence-electron chi connectivity index (χ4n) is 11.1. The Morgan fingerprint density at radius 2 is 1.19 bits per heavy atom. The largest absolute Gasteiger partial charge is 0.456 e. The van der Waals surface area contributed by atoms with Gasteiger partial charge in [0.15, 0.2) is 0 Å². The molecule has 62 heavy (non-hydrogen) atoms. The third kappa shape index (κ3) is 4.42. The number of furan rings is 2. The molecule has 2 aliphatic heterocycles. The van der Waals surface area contributed by atoms with Crippen molar-refractivity contribution in [1.82, 2.24) is 4.57 Å². The molecule has 12 aromatic rings. The van der Waals surface area contributed by atoms with Crippen LogP contribution in [0.1, 0.15) is 52.7 Å². The molecule has 8 aromatic carbocycles. The highest BCUT2D eigenvalue weighted by Gasteiger charge is 2.47. The molecule has 0 fully saturated rings. The molecule has 0 unspecified atom stereocenters. The maximum atomic E-state index is 7.26. The molecule has 6 heteroatoms. The van der Waals surface area contributed by atoms with Gasteiger partial charge in [-0.1, -0.05) is 114 Å². The van der Waals surface area contributed by atoms with Crippen LogP contribution in [0.3, 0.4) is 0 Å². The minimum Gasteiger partial charge on any atom is -0.456 e. The van der Waals surface area contributed by atoms with Crippen LogP contribution in [-0.2, 0) is 10.8 Å². The molecule has 4 aromatic heterocycles. The second kappa shape index (κ2) is 11.6. The molecule has 6 heterocycles. The highest BCUT2D eigenvalue weighted by molar-refractivity contribution is 7.25. The molecule has 0 spiro atoms. The highest BCUT2D eigenvalue weighted by Crippen LogP contribution is 2.53. The number of fused-ring (bicyclic) bond motifs is 19. The van der Waals surface area contributed by atoms with Crippen molar-refractivity contribution in [1.29, 1.82) is 0 Å². The molecule has 0 radical (unpaired) electrons. The van der Waals surface area contributed by atoms with Crippen LogP contribution in [0.15, 0.2) is 148 Å². The fourth-order valence-corrected chi connectivity index (χ4v) is 12.2. The predicted molar refractivity (Wildman–Crippen MR) is 265 cm³/mol. The van der Waals surface area contributed by atoms with Crippen molar-refractivity contribution in [3.8, 4) is 16.8 Å². The number of hydrogen-bond donors (Lipinski definition) is 0. The van der Waals surface area contributed by atoms with Gasteiger partial charge in [0, 0.05) is 80.7 Å². The average molecular weight is 817 g/mol. The Bertz CT molecular complexity index is 3960. The van der Waals surface area contributed by atoms with E-state index in [9.17, 15) is 0 Å². The summed E-state index contributed by atoms with van der Waals surface area (Å²) in [5, 5.41) is 9.67. The van der Waals surface area contributed by atoms with Gasteiger partial charge in [0.2, 0.25) is 0 Å². The number of aromatic nitrogens is 1. The summed E-state index contributed by atoms with van der Waals surface area (Å²) in [5.74, 6) is 0. The first-order valence-corrected chi connectivity index (χ1v) is 22.6. The van der Waals surface area contributed by atoms with Gasteiger partial charge < -0.3 is 18.2 Å². The number of nitrogens with zero attached hydrogens (tertiary/aromatic N) is 2. The summed E-state index contributed by atoms with van der Waals surface area (Å²) in [6.07, 6.45) is 0. The molecular formula is C56H41BN2O2S. The van der Waals surface area contributed by atoms with Crippen LogP contribution in [0.2, 0.25) is 0 Å². The summed E-state index contributed by atoms with van der Waals surface area (Å²) in [6, 6.07) is 52.2. The van der Waals surface area contributed by atoms with E-state index >= 15 is 0 Å². The van der Waals surface area contributed by atoms with Crippen molar-refractivity contribution in [2.45, 2.75) is 52.4 Å². The minimum absolute atomic E-state index is 0.0168. The molecule has 2 aliphatic rings. The van der Waals surface area contributed by atoms with Crippen LogP contribution < -0.4 is 15.7 Å². The normalized spacial score (nSPS) is 13.9. The summed E-state index contributed by atoms with van der Waals surface area (Å²) in [5.41, 5.74) is 17.1. The molecule has 0 bridgehead atoms. The Hall–Kier alpha value is -6.76. The number of benzene rings is 8. The first-order valence-electron chi connectivity index (χ1n) is 21.8. The minimum atomic E-state index is -0.202. The monoisotopic (exact) mass is 816 g/mol. The van der Waals surface area contributed by atoms with Crippen molar-refractivity contribution in [3.63, 3.8) is 0 Å². The Kier molecular flexibility index (Phi) is 6.52. The number of para-hydroxylation sites is 2. The Morgan fingerprint density at radius 3 is 1.97 bits per heavy atom. The number of hydrogen-bond acceptors (Lipinski definition) is 4. The SMILES string of the molecule is CC(C)(C)c1ccc(N2B3c4cc5oc6ccccc6c5cc4-n4c5ccc(C(C)(C)C)cc5c5c6c(oc7ccccc76)c(c3c54)-c3cc4sc5ccccc5c4cc32)cc1. The first kappa shape index (κ1) is 34.9. The zero-order valence-electron chi connectivity index (χ0n) is 35.5. The lowest BCUT2D eigenvalue weighted by atomic mass is 9.43. The van der Waals surface area contributed by atoms with Gasteiger partial charge >= 0.3 is 6.85 Å². The first-order chi connectivity index (χ1) is 30.0. The molecule has 14 rings (SSSR count). The fraction of sp³-hybridized carbons (Fsp3) is 0.143. The highest BCUT2D eigenvalue weighted by atomic mass is 32.1. The summed E-state index contributed by atoms with van der Waals surface area (Å²) in [6.45, 7) is 13.6. The lowest BCUT2D eigenvalue weighted by Crippen LogP contribution is -2.60. The third-order valence-corrected chi connectivity index (χ3v) is 15.2. The van der Waals surface area contributed by atoms with Gasteiger partial charge in [-0.2, -0.15) is 0 Å². The molecule has 0 saturated heterocycles. The van der Waals surface area contributed by atoms with Gasteiger partial charge in [-0.3, -0.25) is 0 Å². The molecular weight excluding hydrogens is 776 g/mol. The van der Waals surface area contributed by atoms with E-state index in [0.717, 1.165) is 44.2 Å². The average Bonchev–Trinajstić information content (AvgIpc) is 4.02. The van der Waals surface area contributed by atoms with Crippen LogP contribution in [0.4, 0.5) is 11.4 Å². The Morgan fingerprint density at radius 1 is 0.516 bits per heavy atom. The maximum absolute atomic E-state index is 7.26. The van der Waals surface area contributed by atoms with E-state index in [1.54, 1.807) is 0 Å². The zero-order chi connectivity index (χ0) is 41.6. The summed E-state index contributed by atoms with van der Waals surface area (Å²) in [7, 11) is 0. The topological polar surface area (TPSA) is 34.5 Å². The van der Waals surface area contributed by atoms with Crippen LogP contribution >= 0.6 is 11.3 Å². The molecule has 296 valence electrons. The van der Waals surface area contributed by atoms with Crippen LogP contribution in [-0.4, -0.2) is 11.4 Å². The Balaban J connectivity index is 1.24. The molecule has 0 aliphatic carbocycles. The van der Waals surface area contributed by atoms with Crippen molar-refractivity contribution < 1.29 is 8.83 Å². The second-order valence-corrected chi connectivity index (χ2v) is 20.8. The lowest BCUT2D eigenvalue weighted by Gasteiger charge is -2.42. The van der Waals surface area contributed by atoms with E-state index in [1.165, 1.54) is 91.9 Å². The standard InChI is InChI=1S/C56H41BN2O2S/c1-55(2,3)30-19-22-32(23-20-30)59-42-27-37-34-14-9-12-18-47(34)62-48(37)28-39(42)51-52-53-49(50-35-15-8-11-17-45(35)61-54(50)51)38-25-31(56(4,5)6)21-24-41(38)58(53)43-26-36-33-13-7-10-16-44(33)60-46(36)29-40(43)57(52)59/h7-29H,1-6H3. The number of thiophene rings is 1.